The van der Waals surface area contributed by atoms with Gasteiger partial charge in [0.25, 0.3) is 0 Å². The molecule has 0 spiro atoms. The first-order valence-corrected chi connectivity index (χ1v) is 32.7. The van der Waals surface area contributed by atoms with Crippen LogP contribution in [-0.2, 0) is 5.41 Å². The van der Waals surface area contributed by atoms with Crippen molar-refractivity contribution in [3.8, 4) is 40.5 Å². The molecule has 422 valence electrons. The monoisotopic (exact) mass is 1170 g/mol. The second kappa shape index (κ2) is 20.5. The van der Waals surface area contributed by atoms with E-state index in [1.165, 1.54) is 15.6 Å². The first-order chi connectivity index (χ1) is 44.7. The number of benzene rings is 13. The van der Waals surface area contributed by atoms with Crippen molar-refractivity contribution in [3.05, 3.63) is 350 Å². The quantitative estimate of drug-likeness (QED) is 0.101. The molecule has 0 aliphatic carbocycles. The van der Waals surface area contributed by atoms with Crippen LogP contribution < -0.4 is 25.5 Å². The zero-order valence-corrected chi connectivity index (χ0v) is 49.8. The van der Waals surface area contributed by atoms with Gasteiger partial charge in [-0.25, -0.2) is 0 Å². The average molecular weight is 1170 g/mol. The fraction of sp³-hybridized carbons (Fsp3) is 0.0122. The van der Waals surface area contributed by atoms with E-state index in [0.717, 1.165) is 116 Å². The molecule has 0 radical (unpaired) electrons. The molecule has 90 heavy (non-hydrogen) atoms. The van der Waals surface area contributed by atoms with Gasteiger partial charge in [-0.2, -0.15) is 15.0 Å². The van der Waals surface area contributed by atoms with E-state index < -0.39 is 13.5 Å². The average Bonchev–Trinajstić information content (AvgIpc) is 1.34. The summed E-state index contributed by atoms with van der Waals surface area (Å²) in [6, 6.07) is 119. The fourth-order valence-electron chi connectivity index (χ4n) is 15.1. The molecule has 1 aliphatic heterocycles. The number of fused-ring (bicyclic) bond motifs is 12. The second-order valence-electron chi connectivity index (χ2n) is 23.4. The molecule has 7 nitrogen and oxygen atoms in total. The maximum atomic E-state index is 7.04. The van der Waals surface area contributed by atoms with Crippen LogP contribution in [0.25, 0.3) is 94.4 Å². The lowest BCUT2D eigenvalue weighted by Gasteiger charge is -2.39. The minimum absolute atomic E-state index is 0.483. The van der Waals surface area contributed by atoms with Crippen LogP contribution >= 0.6 is 0 Å². The molecule has 0 unspecified atom stereocenters. The van der Waals surface area contributed by atoms with E-state index in [1.807, 2.05) is 0 Å². The standard InChI is InChI=1S/C82H54N6OSi/c1-7-27-56(28-8-1)82(57-29-9-2-10-30-57,58-31-11-3-12-32-58)59-48-49-65-66-50-51-71-77(67-41-21-24-44-70(67)86(71)60-33-13-4-14-34-60)78(66)88(72(65)54-59)81-84-79(83-80(85-81)87-68-42-22-19-39-63(68)64-40-20-23-43-69(64)87)55-47-52-74-76(53-55)90(61-35-15-5-16-36-61,62-37-17-6-18-38-62)75-46-26-25-45-73(75)89-74/h1-54H. The lowest BCUT2D eigenvalue weighted by molar-refractivity contribution is 0.487. The molecule has 17 aromatic rings. The molecule has 0 saturated heterocycles. The summed E-state index contributed by atoms with van der Waals surface area (Å²) < 4.78 is 14.0. The largest absolute Gasteiger partial charge is 0.458 e. The summed E-state index contributed by atoms with van der Waals surface area (Å²) >= 11 is 0. The van der Waals surface area contributed by atoms with Crippen LogP contribution in [-0.4, -0.2) is 36.7 Å². The third-order valence-electron chi connectivity index (χ3n) is 18.8. The van der Waals surface area contributed by atoms with Crippen LogP contribution in [0.4, 0.5) is 0 Å². The van der Waals surface area contributed by atoms with E-state index in [4.69, 9.17) is 19.7 Å². The molecule has 0 fully saturated rings. The summed E-state index contributed by atoms with van der Waals surface area (Å²) in [4.78, 5) is 17.5. The lowest BCUT2D eigenvalue weighted by atomic mass is 9.65. The summed E-state index contributed by atoms with van der Waals surface area (Å²) in [5.74, 6) is 3.20. The summed E-state index contributed by atoms with van der Waals surface area (Å²) in [6.07, 6.45) is 0. The summed E-state index contributed by atoms with van der Waals surface area (Å²) in [7, 11) is -3.12. The summed E-state index contributed by atoms with van der Waals surface area (Å²) in [5, 5.41) is 11.4. The van der Waals surface area contributed by atoms with Crippen molar-refractivity contribution in [2.75, 3.05) is 0 Å². The van der Waals surface area contributed by atoms with Crippen molar-refractivity contribution in [3.63, 3.8) is 0 Å². The smallest absolute Gasteiger partial charge is 0.240 e. The Balaban J connectivity index is 1.00. The first kappa shape index (κ1) is 51.5. The van der Waals surface area contributed by atoms with Gasteiger partial charge in [0.15, 0.2) is 13.9 Å². The zero-order valence-electron chi connectivity index (χ0n) is 48.8. The van der Waals surface area contributed by atoms with Gasteiger partial charge in [-0.3, -0.25) is 9.13 Å². The predicted molar refractivity (Wildman–Crippen MR) is 370 cm³/mol. The molecule has 18 rings (SSSR count). The van der Waals surface area contributed by atoms with Gasteiger partial charge in [0.05, 0.1) is 38.5 Å². The highest BCUT2D eigenvalue weighted by atomic mass is 28.3. The van der Waals surface area contributed by atoms with Crippen molar-refractivity contribution in [2.24, 2.45) is 0 Å². The number of nitrogens with zero attached hydrogens (tertiary/aromatic N) is 6. The van der Waals surface area contributed by atoms with Crippen molar-refractivity contribution >= 4 is 94.2 Å². The molecule has 5 heterocycles. The Hall–Kier alpha value is -11.7. The third kappa shape index (κ3) is 7.55. The Morgan fingerprint density at radius 3 is 1.37 bits per heavy atom. The van der Waals surface area contributed by atoms with Gasteiger partial charge in [-0.05, 0) is 110 Å². The molecule has 0 bridgehead atoms. The van der Waals surface area contributed by atoms with Crippen molar-refractivity contribution in [2.45, 2.75) is 5.41 Å². The third-order valence-corrected chi connectivity index (χ3v) is 23.6. The molecule has 4 aromatic heterocycles. The van der Waals surface area contributed by atoms with Crippen LogP contribution in [0.5, 0.6) is 11.5 Å². The summed E-state index contributed by atoms with van der Waals surface area (Å²) in [5.41, 5.74) is 11.8. The lowest BCUT2D eigenvalue weighted by Crippen LogP contribution is -2.76. The normalized spacial score (nSPS) is 12.8. The second-order valence-corrected chi connectivity index (χ2v) is 27.1. The van der Waals surface area contributed by atoms with Gasteiger partial charge in [0.1, 0.15) is 11.5 Å². The topological polar surface area (TPSA) is 62.7 Å². The highest BCUT2D eigenvalue weighted by Crippen LogP contribution is 2.49. The number of ether oxygens (including phenoxy) is 1. The van der Waals surface area contributed by atoms with E-state index in [2.05, 4.69) is 341 Å². The molecular formula is C82H54N6OSi. The van der Waals surface area contributed by atoms with Gasteiger partial charge in [0, 0.05) is 43.6 Å². The van der Waals surface area contributed by atoms with Crippen LogP contribution in [0.3, 0.4) is 0 Å². The van der Waals surface area contributed by atoms with Gasteiger partial charge in [-0.1, -0.05) is 261 Å². The number of rotatable bonds is 10. The fourth-order valence-corrected chi connectivity index (χ4v) is 20.1. The molecule has 0 amide bonds. The molecule has 0 saturated carbocycles. The van der Waals surface area contributed by atoms with E-state index in [9.17, 15) is 0 Å². The Labute approximate surface area is 520 Å². The molecule has 8 heteroatoms. The van der Waals surface area contributed by atoms with E-state index >= 15 is 0 Å². The Kier molecular flexibility index (Phi) is 11.7. The number of hydrogen-bond donors (Lipinski definition) is 0. The number of aromatic nitrogens is 6. The highest BCUT2D eigenvalue weighted by molar-refractivity contribution is 7.20. The van der Waals surface area contributed by atoms with Crippen LogP contribution in [0.2, 0.25) is 0 Å². The molecular weight excluding hydrogens is 1110 g/mol. The van der Waals surface area contributed by atoms with Gasteiger partial charge in [-0.15, -0.1) is 0 Å². The van der Waals surface area contributed by atoms with Gasteiger partial charge in [0.2, 0.25) is 11.9 Å². The number of hydrogen-bond acceptors (Lipinski definition) is 4. The SMILES string of the molecule is c1ccc(-n2c3ccccc3c3c2ccc2c4ccc(C(c5ccccc5)(c5ccccc5)c5ccccc5)cc4n(-c4nc(-c5ccc6c(c5)[Si](c5ccccc5)(c5ccccc5)c5ccccc5O6)nc(-n5c6ccccc6c6ccccc65)n4)c23)cc1. The Bertz CT molecular complexity index is 5440. The molecule has 0 atom stereocenters. The highest BCUT2D eigenvalue weighted by Gasteiger charge is 2.48. The Morgan fingerprint density at radius 2 is 0.767 bits per heavy atom. The number of para-hydroxylation sites is 5. The van der Waals surface area contributed by atoms with Crippen molar-refractivity contribution < 1.29 is 4.74 Å². The van der Waals surface area contributed by atoms with E-state index in [1.54, 1.807) is 0 Å². The molecule has 1 aliphatic rings. The van der Waals surface area contributed by atoms with Crippen LogP contribution in [0.1, 0.15) is 22.3 Å². The van der Waals surface area contributed by atoms with E-state index in [0.29, 0.717) is 17.7 Å². The predicted octanol–water partition coefficient (Wildman–Crippen LogP) is 16.7. The Morgan fingerprint density at radius 1 is 0.300 bits per heavy atom. The van der Waals surface area contributed by atoms with Crippen molar-refractivity contribution in [1.82, 2.24) is 28.7 Å². The summed E-state index contributed by atoms with van der Waals surface area (Å²) in [6.45, 7) is 0. The van der Waals surface area contributed by atoms with Crippen LogP contribution in [0.15, 0.2) is 328 Å². The van der Waals surface area contributed by atoms with Crippen molar-refractivity contribution in [1.29, 1.82) is 0 Å². The van der Waals surface area contributed by atoms with Crippen LogP contribution in [0, 0.1) is 0 Å². The van der Waals surface area contributed by atoms with E-state index in [-0.39, 0.29) is 0 Å². The minimum Gasteiger partial charge on any atom is -0.458 e. The van der Waals surface area contributed by atoms with Gasteiger partial charge >= 0.3 is 0 Å². The minimum atomic E-state index is -3.12. The maximum absolute atomic E-state index is 7.04. The molecule has 0 N–H and O–H groups in total. The van der Waals surface area contributed by atoms with Gasteiger partial charge < -0.3 is 9.30 Å². The zero-order chi connectivity index (χ0) is 59.3. The first-order valence-electron chi connectivity index (χ1n) is 30.7. The maximum Gasteiger partial charge on any atom is 0.240 e. The molecule has 13 aromatic carbocycles.